The Labute approximate surface area is 155 Å². The zero-order valence-electron chi connectivity index (χ0n) is 13.0. The molecule has 0 aliphatic rings. The number of carbonyl (C=O) groups is 2. The molecule has 0 spiro atoms. The summed E-state index contributed by atoms with van der Waals surface area (Å²) in [6.45, 7) is 0. The first-order valence-corrected chi connectivity index (χ1v) is 8.27. The molecule has 0 fully saturated rings. The van der Waals surface area contributed by atoms with E-state index in [0.29, 0.717) is 26.9 Å². The summed E-state index contributed by atoms with van der Waals surface area (Å²) >= 11 is 12.0. The molecule has 0 aliphatic heterocycles. The van der Waals surface area contributed by atoms with Gasteiger partial charge < -0.3 is 5.32 Å². The minimum Gasteiger partial charge on any atom is -0.321 e. The van der Waals surface area contributed by atoms with Crippen molar-refractivity contribution in [3.63, 3.8) is 0 Å². The topological polar surface area (TPSA) is 46.2 Å². The number of rotatable bonds is 4. The molecule has 3 aromatic rings. The zero-order chi connectivity index (χ0) is 17.8. The Bertz CT molecular complexity index is 939. The van der Waals surface area contributed by atoms with Crippen molar-refractivity contribution in [2.75, 3.05) is 5.32 Å². The Morgan fingerprint density at radius 2 is 1.40 bits per heavy atom. The highest BCUT2D eigenvalue weighted by Crippen LogP contribution is 2.26. The van der Waals surface area contributed by atoms with Crippen LogP contribution in [0.25, 0.3) is 0 Å². The van der Waals surface area contributed by atoms with E-state index in [-0.39, 0.29) is 11.3 Å². The van der Waals surface area contributed by atoms with Crippen molar-refractivity contribution in [3.8, 4) is 0 Å². The fraction of sp³-hybridized carbons (Fsp3) is 0. The molecule has 0 saturated heterocycles. The third-order valence-electron chi connectivity index (χ3n) is 3.63. The van der Waals surface area contributed by atoms with Crippen LogP contribution in [0.2, 0.25) is 10.0 Å². The highest BCUT2D eigenvalue weighted by atomic mass is 35.5. The number of amides is 1. The maximum Gasteiger partial charge on any atom is 0.256 e. The molecular formula is C20H13Cl2NO2. The van der Waals surface area contributed by atoms with Crippen LogP contribution in [0.15, 0.2) is 72.8 Å². The van der Waals surface area contributed by atoms with Crippen LogP contribution in [0.5, 0.6) is 0 Å². The SMILES string of the molecule is O=C(Nc1ccc(Cl)cc1Cl)c1ccccc1C(=O)c1ccccc1. The lowest BCUT2D eigenvalue weighted by Gasteiger charge is -2.11. The molecule has 3 nitrogen and oxygen atoms in total. The van der Waals surface area contributed by atoms with Gasteiger partial charge in [-0.1, -0.05) is 71.7 Å². The molecule has 1 N–H and O–H groups in total. The molecule has 5 heteroatoms. The van der Waals surface area contributed by atoms with Gasteiger partial charge in [0.05, 0.1) is 16.3 Å². The Balaban J connectivity index is 1.92. The van der Waals surface area contributed by atoms with Crippen LogP contribution in [0.1, 0.15) is 26.3 Å². The van der Waals surface area contributed by atoms with Crippen molar-refractivity contribution in [1.29, 1.82) is 0 Å². The largest absolute Gasteiger partial charge is 0.321 e. The summed E-state index contributed by atoms with van der Waals surface area (Å²) in [5.41, 5.74) is 1.56. The van der Waals surface area contributed by atoms with E-state index in [1.165, 1.54) is 0 Å². The van der Waals surface area contributed by atoms with Gasteiger partial charge in [0.25, 0.3) is 5.91 Å². The summed E-state index contributed by atoms with van der Waals surface area (Å²) in [4.78, 5) is 25.4. The molecule has 0 saturated carbocycles. The third-order valence-corrected chi connectivity index (χ3v) is 4.18. The third kappa shape index (κ3) is 3.90. The second-order valence-electron chi connectivity index (χ2n) is 5.32. The first kappa shape index (κ1) is 17.2. The van der Waals surface area contributed by atoms with Gasteiger partial charge in [-0.15, -0.1) is 0 Å². The number of ketones is 1. The van der Waals surface area contributed by atoms with E-state index in [0.717, 1.165) is 0 Å². The molecule has 0 heterocycles. The van der Waals surface area contributed by atoms with Crippen molar-refractivity contribution in [3.05, 3.63) is 99.5 Å². The first-order valence-electron chi connectivity index (χ1n) is 7.51. The minimum absolute atomic E-state index is 0.214. The van der Waals surface area contributed by atoms with Crippen LogP contribution >= 0.6 is 23.2 Å². The smallest absolute Gasteiger partial charge is 0.256 e. The maximum atomic E-state index is 12.7. The molecule has 1 amide bonds. The summed E-state index contributed by atoms with van der Waals surface area (Å²) in [5, 5.41) is 3.52. The van der Waals surface area contributed by atoms with Crippen LogP contribution in [0, 0.1) is 0 Å². The summed E-state index contributed by atoms with van der Waals surface area (Å²) in [5.74, 6) is -0.627. The highest BCUT2D eigenvalue weighted by Gasteiger charge is 2.18. The normalized spacial score (nSPS) is 10.3. The Morgan fingerprint density at radius 3 is 2.08 bits per heavy atom. The molecule has 124 valence electrons. The molecule has 0 radical (unpaired) electrons. The Morgan fingerprint density at radius 1 is 0.760 bits per heavy atom. The van der Waals surface area contributed by atoms with Gasteiger partial charge in [-0.2, -0.15) is 0 Å². The van der Waals surface area contributed by atoms with E-state index < -0.39 is 5.91 Å². The standard InChI is InChI=1S/C20H13Cl2NO2/c21-14-10-11-18(17(22)12-14)23-20(25)16-9-5-4-8-15(16)19(24)13-6-2-1-3-7-13/h1-12H,(H,23,25). The Hall–Kier alpha value is -2.62. The number of nitrogens with one attached hydrogen (secondary N) is 1. The molecule has 0 aromatic heterocycles. The van der Waals surface area contributed by atoms with E-state index in [4.69, 9.17) is 23.2 Å². The van der Waals surface area contributed by atoms with Crippen LogP contribution in [-0.2, 0) is 0 Å². The van der Waals surface area contributed by atoms with Gasteiger partial charge in [0.15, 0.2) is 5.78 Å². The van der Waals surface area contributed by atoms with Gasteiger partial charge in [-0.3, -0.25) is 9.59 Å². The lowest BCUT2D eigenvalue weighted by atomic mass is 9.98. The predicted molar refractivity (Wildman–Crippen MR) is 101 cm³/mol. The van der Waals surface area contributed by atoms with E-state index in [2.05, 4.69) is 5.32 Å². The van der Waals surface area contributed by atoms with E-state index in [1.807, 2.05) is 6.07 Å². The summed E-state index contributed by atoms with van der Waals surface area (Å²) in [6.07, 6.45) is 0. The predicted octanol–water partition coefficient (Wildman–Crippen LogP) is 5.48. The quantitative estimate of drug-likeness (QED) is 0.619. The van der Waals surface area contributed by atoms with Gasteiger partial charge >= 0.3 is 0 Å². The fourth-order valence-electron chi connectivity index (χ4n) is 2.40. The molecular weight excluding hydrogens is 357 g/mol. The monoisotopic (exact) mass is 369 g/mol. The van der Waals surface area contributed by atoms with Crippen LogP contribution in [0.4, 0.5) is 5.69 Å². The molecule has 3 aromatic carbocycles. The van der Waals surface area contributed by atoms with Crippen LogP contribution < -0.4 is 5.32 Å². The highest BCUT2D eigenvalue weighted by molar-refractivity contribution is 6.37. The first-order chi connectivity index (χ1) is 12.1. The summed E-state index contributed by atoms with van der Waals surface area (Å²) < 4.78 is 0. The number of hydrogen-bond donors (Lipinski definition) is 1. The summed E-state index contributed by atoms with van der Waals surface area (Å²) in [6, 6.07) is 20.3. The molecule has 25 heavy (non-hydrogen) atoms. The van der Waals surface area contributed by atoms with Crippen molar-refractivity contribution >= 4 is 40.6 Å². The van der Waals surface area contributed by atoms with Crippen molar-refractivity contribution < 1.29 is 9.59 Å². The van der Waals surface area contributed by atoms with Crippen molar-refractivity contribution in [2.45, 2.75) is 0 Å². The molecule has 0 unspecified atom stereocenters. The molecule has 3 rings (SSSR count). The van der Waals surface area contributed by atoms with E-state index in [1.54, 1.807) is 66.7 Å². The molecule has 0 aliphatic carbocycles. The van der Waals surface area contributed by atoms with Crippen LogP contribution in [0.3, 0.4) is 0 Å². The second kappa shape index (κ2) is 7.51. The number of halogens is 2. The van der Waals surface area contributed by atoms with Gasteiger partial charge in [0.2, 0.25) is 0 Å². The average molecular weight is 370 g/mol. The fourth-order valence-corrected chi connectivity index (χ4v) is 2.86. The van der Waals surface area contributed by atoms with Crippen molar-refractivity contribution in [1.82, 2.24) is 0 Å². The summed E-state index contributed by atoms with van der Waals surface area (Å²) in [7, 11) is 0. The molecule has 0 bridgehead atoms. The number of hydrogen-bond acceptors (Lipinski definition) is 2. The lowest BCUT2D eigenvalue weighted by Crippen LogP contribution is -2.17. The lowest BCUT2D eigenvalue weighted by molar-refractivity contribution is 0.0996. The van der Waals surface area contributed by atoms with E-state index in [9.17, 15) is 9.59 Å². The van der Waals surface area contributed by atoms with Gasteiger partial charge in [0.1, 0.15) is 0 Å². The number of benzene rings is 3. The Kier molecular flexibility index (Phi) is 5.17. The van der Waals surface area contributed by atoms with Gasteiger partial charge in [-0.05, 0) is 24.3 Å². The van der Waals surface area contributed by atoms with Crippen LogP contribution in [-0.4, -0.2) is 11.7 Å². The average Bonchev–Trinajstić information content (AvgIpc) is 2.64. The maximum absolute atomic E-state index is 12.7. The number of anilines is 1. The number of carbonyl (C=O) groups excluding carboxylic acids is 2. The molecule has 0 atom stereocenters. The van der Waals surface area contributed by atoms with Gasteiger partial charge in [0, 0.05) is 16.1 Å². The minimum atomic E-state index is -0.413. The van der Waals surface area contributed by atoms with E-state index >= 15 is 0 Å². The van der Waals surface area contributed by atoms with Crippen molar-refractivity contribution in [2.24, 2.45) is 0 Å². The zero-order valence-corrected chi connectivity index (χ0v) is 14.5. The second-order valence-corrected chi connectivity index (χ2v) is 6.16. The van der Waals surface area contributed by atoms with Gasteiger partial charge in [-0.25, -0.2) is 0 Å².